The van der Waals surface area contributed by atoms with Crippen LogP contribution in [0.5, 0.6) is 0 Å². The second-order valence-electron chi connectivity index (χ2n) is 5.57. The zero-order valence-corrected chi connectivity index (χ0v) is 11.2. The quantitative estimate of drug-likeness (QED) is 0.739. The van der Waals surface area contributed by atoms with Crippen molar-refractivity contribution in [1.29, 1.82) is 0 Å². The van der Waals surface area contributed by atoms with Gasteiger partial charge in [0.25, 0.3) is 0 Å². The summed E-state index contributed by atoms with van der Waals surface area (Å²) in [6.07, 6.45) is 7.78. The molecule has 94 valence electrons. The minimum Gasteiger partial charge on any atom is -0.296 e. The Morgan fingerprint density at radius 1 is 1.19 bits per heavy atom. The number of sulfone groups is 1. The molecule has 2 atom stereocenters. The summed E-state index contributed by atoms with van der Waals surface area (Å²) >= 11 is 0. The Bertz CT molecular complexity index is 335. The number of hydrogen-bond acceptors (Lipinski definition) is 3. The van der Waals surface area contributed by atoms with Crippen molar-refractivity contribution in [3.63, 3.8) is 0 Å². The van der Waals surface area contributed by atoms with Crippen LogP contribution in [-0.4, -0.2) is 44.0 Å². The van der Waals surface area contributed by atoms with Crippen LogP contribution in [0.2, 0.25) is 0 Å². The molecule has 3 nitrogen and oxygen atoms in total. The average Bonchev–Trinajstić information content (AvgIpc) is 2.90. The Labute approximate surface area is 99.1 Å². The Morgan fingerprint density at radius 3 is 2.31 bits per heavy atom. The van der Waals surface area contributed by atoms with E-state index in [2.05, 4.69) is 11.8 Å². The zero-order chi connectivity index (χ0) is 11.8. The van der Waals surface area contributed by atoms with Gasteiger partial charge in [-0.1, -0.05) is 13.3 Å². The van der Waals surface area contributed by atoms with E-state index in [9.17, 15) is 8.42 Å². The predicted octanol–water partition coefficient (Wildman–Crippen LogP) is 1.68. The molecule has 0 spiro atoms. The van der Waals surface area contributed by atoms with E-state index in [4.69, 9.17) is 0 Å². The third kappa shape index (κ3) is 3.20. The second kappa shape index (κ2) is 4.65. The molecule has 2 aliphatic rings. The van der Waals surface area contributed by atoms with Gasteiger partial charge in [-0.2, -0.15) is 0 Å². The molecule has 0 aliphatic heterocycles. The van der Waals surface area contributed by atoms with Crippen molar-refractivity contribution in [2.75, 3.05) is 18.6 Å². The first-order valence-corrected chi connectivity index (χ1v) is 8.47. The van der Waals surface area contributed by atoms with E-state index in [1.807, 2.05) is 0 Å². The molecule has 2 rings (SSSR count). The predicted molar refractivity (Wildman–Crippen MR) is 66.2 cm³/mol. The topological polar surface area (TPSA) is 37.4 Å². The number of rotatable bonds is 5. The fourth-order valence-corrected chi connectivity index (χ4v) is 3.46. The number of hydrogen-bond donors (Lipinski definition) is 0. The third-order valence-electron chi connectivity index (χ3n) is 3.98. The van der Waals surface area contributed by atoms with E-state index >= 15 is 0 Å². The summed E-state index contributed by atoms with van der Waals surface area (Å²) in [5.74, 6) is 1.08. The molecule has 0 N–H and O–H groups in total. The van der Waals surface area contributed by atoms with Crippen molar-refractivity contribution >= 4 is 9.84 Å². The van der Waals surface area contributed by atoms with Gasteiger partial charge < -0.3 is 0 Å². The lowest BCUT2D eigenvalue weighted by molar-refractivity contribution is 0.166. The minimum absolute atomic E-state index is 0.326. The summed E-state index contributed by atoms with van der Waals surface area (Å²) in [6.45, 7) is 3.06. The summed E-state index contributed by atoms with van der Waals surface area (Å²) in [7, 11) is -2.81. The van der Waals surface area contributed by atoms with Crippen molar-refractivity contribution in [3.8, 4) is 0 Å². The minimum atomic E-state index is -2.81. The lowest BCUT2D eigenvalue weighted by Gasteiger charge is -2.31. The van der Waals surface area contributed by atoms with Gasteiger partial charge in [-0.05, 0) is 31.6 Å². The molecule has 0 saturated heterocycles. The van der Waals surface area contributed by atoms with Crippen LogP contribution in [0.25, 0.3) is 0 Å². The molecule has 0 aromatic carbocycles. The van der Waals surface area contributed by atoms with Gasteiger partial charge in [-0.3, -0.25) is 4.90 Å². The third-order valence-corrected chi connectivity index (χ3v) is 4.90. The highest BCUT2D eigenvalue weighted by Crippen LogP contribution is 2.36. The van der Waals surface area contributed by atoms with Crippen molar-refractivity contribution in [1.82, 2.24) is 4.90 Å². The maximum absolute atomic E-state index is 11.2. The maximum atomic E-state index is 11.2. The molecule has 2 aliphatic carbocycles. The van der Waals surface area contributed by atoms with Gasteiger partial charge in [0.15, 0.2) is 0 Å². The van der Waals surface area contributed by atoms with Crippen LogP contribution in [0.3, 0.4) is 0 Å². The summed E-state index contributed by atoms with van der Waals surface area (Å²) in [4.78, 5) is 2.48. The molecular weight excluding hydrogens is 222 g/mol. The molecule has 0 unspecified atom stereocenters. The Morgan fingerprint density at radius 2 is 1.88 bits per heavy atom. The van der Waals surface area contributed by atoms with Crippen molar-refractivity contribution in [2.24, 2.45) is 5.92 Å². The molecule has 16 heavy (non-hydrogen) atoms. The lowest BCUT2D eigenvalue weighted by atomic mass is 10.0. The van der Waals surface area contributed by atoms with Crippen molar-refractivity contribution in [2.45, 2.75) is 51.1 Å². The zero-order valence-electron chi connectivity index (χ0n) is 10.4. The molecule has 0 radical (unpaired) electrons. The van der Waals surface area contributed by atoms with Gasteiger partial charge >= 0.3 is 0 Å². The van der Waals surface area contributed by atoms with E-state index in [-0.39, 0.29) is 0 Å². The van der Waals surface area contributed by atoms with Crippen LogP contribution in [0.4, 0.5) is 0 Å². The molecule has 0 heterocycles. The van der Waals surface area contributed by atoms with Crippen molar-refractivity contribution < 1.29 is 8.42 Å². The van der Waals surface area contributed by atoms with Crippen LogP contribution >= 0.6 is 0 Å². The first kappa shape index (κ1) is 12.4. The molecule has 0 aromatic rings. The van der Waals surface area contributed by atoms with Gasteiger partial charge in [0.1, 0.15) is 9.84 Å². The highest BCUT2D eigenvalue weighted by Gasteiger charge is 2.38. The van der Waals surface area contributed by atoms with Crippen molar-refractivity contribution in [3.05, 3.63) is 0 Å². The van der Waals surface area contributed by atoms with Crippen LogP contribution in [0, 0.1) is 5.92 Å². The standard InChI is InChI=1S/C12H23NO2S/c1-10-4-3-5-12(10)13(11-6-7-11)8-9-16(2,14)15/h10-12H,3-9H2,1-2H3/t10-,12+/m0/s1. The monoisotopic (exact) mass is 245 g/mol. The summed E-state index contributed by atoms with van der Waals surface area (Å²) in [5.41, 5.74) is 0. The van der Waals surface area contributed by atoms with E-state index in [0.29, 0.717) is 17.8 Å². The SMILES string of the molecule is C[C@H]1CCC[C@H]1N(CCS(C)(=O)=O)C1CC1. The molecular formula is C12H23NO2S. The molecule has 0 bridgehead atoms. The molecule has 0 amide bonds. The Kier molecular flexibility index (Phi) is 3.59. The summed E-state index contributed by atoms with van der Waals surface area (Å²) < 4.78 is 22.5. The van der Waals surface area contributed by atoms with E-state index in [1.165, 1.54) is 38.4 Å². The van der Waals surface area contributed by atoms with E-state index in [0.717, 1.165) is 12.5 Å². The summed E-state index contributed by atoms with van der Waals surface area (Å²) in [6, 6.07) is 1.33. The molecule has 2 fully saturated rings. The normalized spacial score (nSPS) is 31.2. The Hall–Kier alpha value is -0.0900. The molecule has 0 aromatic heterocycles. The first-order valence-electron chi connectivity index (χ1n) is 6.41. The van der Waals surface area contributed by atoms with Gasteiger partial charge in [0.05, 0.1) is 5.75 Å². The Balaban J connectivity index is 1.94. The average molecular weight is 245 g/mol. The summed E-state index contributed by atoms with van der Waals surface area (Å²) in [5, 5.41) is 0. The fraction of sp³-hybridized carbons (Fsp3) is 1.00. The smallest absolute Gasteiger partial charge is 0.148 e. The van der Waals surface area contributed by atoms with Crippen LogP contribution in [0.1, 0.15) is 39.0 Å². The first-order chi connectivity index (χ1) is 7.47. The van der Waals surface area contributed by atoms with Gasteiger partial charge in [0, 0.05) is 24.9 Å². The van der Waals surface area contributed by atoms with Crippen LogP contribution in [-0.2, 0) is 9.84 Å². The fourth-order valence-electron chi connectivity index (χ4n) is 2.92. The molecule has 2 saturated carbocycles. The highest BCUT2D eigenvalue weighted by atomic mass is 32.2. The van der Waals surface area contributed by atoms with E-state index in [1.54, 1.807) is 0 Å². The number of nitrogens with zero attached hydrogens (tertiary/aromatic N) is 1. The highest BCUT2D eigenvalue weighted by molar-refractivity contribution is 7.90. The van der Waals surface area contributed by atoms with E-state index < -0.39 is 9.84 Å². The largest absolute Gasteiger partial charge is 0.296 e. The van der Waals surface area contributed by atoms with Gasteiger partial charge in [-0.25, -0.2) is 8.42 Å². The second-order valence-corrected chi connectivity index (χ2v) is 7.83. The maximum Gasteiger partial charge on any atom is 0.148 e. The van der Waals surface area contributed by atoms with Crippen LogP contribution < -0.4 is 0 Å². The lowest BCUT2D eigenvalue weighted by Crippen LogP contribution is -2.41. The molecule has 4 heteroatoms. The van der Waals surface area contributed by atoms with Crippen LogP contribution in [0.15, 0.2) is 0 Å². The van der Waals surface area contributed by atoms with Gasteiger partial charge in [-0.15, -0.1) is 0 Å². The van der Waals surface area contributed by atoms with Gasteiger partial charge in [0.2, 0.25) is 0 Å².